The molecule has 1 unspecified atom stereocenters. The number of nitrogens with zero attached hydrogens (tertiary/aromatic N) is 2. The lowest BCUT2D eigenvalue weighted by molar-refractivity contribution is 0.447. The molecule has 1 atom stereocenters. The average Bonchev–Trinajstić information content (AvgIpc) is 2.29. The molecule has 0 radical (unpaired) electrons. The highest BCUT2D eigenvalue weighted by molar-refractivity contribution is 9.10. The Hall–Kier alpha value is -0.320. The summed E-state index contributed by atoms with van der Waals surface area (Å²) in [7, 11) is 2.03. The van der Waals surface area contributed by atoms with Crippen LogP contribution in [0.25, 0.3) is 0 Å². The minimum atomic E-state index is 0. The van der Waals surface area contributed by atoms with Gasteiger partial charge in [-0.15, -0.1) is 12.4 Å². The lowest BCUT2D eigenvalue weighted by atomic mass is 10.1. The lowest BCUT2D eigenvalue weighted by Crippen LogP contribution is -2.44. The van der Waals surface area contributed by atoms with Gasteiger partial charge in [-0.05, 0) is 48.0 Å². The van der Waals surface area contributed by atoms with Crippen molar-refractivity contribution in [2.24, 2.45) is 0 Å². The minimum absolute atomic E-state index is 0. The number of aromatic nitrogens is 1. The van der Waals surface area contributed by atoms with Gasteiger partial charge in [0.1, 0.15) is 10.4 Å². The average molecular weight is 307 g/mol. The molecule has 1 N–H and O–H groups in total. The van der Waals surface area contributed by atoms with E-state index >= 15 is 0 Å². The summed E-state index contributed by atoms with van der Waals surface area (Å²) in [5, 5.41) is 3.34. The Morgan fingerprint density at radius 3 is 3.00 bits per heavy atom. The van der Waals surface area contributed by atoms with Crippen LogP contribution in [0.2, 0.25) is 0 Å². The van der Waals surface area contributed by atoms with Crippen LogP contribution in [0.1, 0.15) is 12.8 Å². The number of hydrogen-bond acceptors (Lipinski definition) is 3. The third kappa shape index (κ3) is 3.34. The fraction of sp³-hybridized carbons (Fsp3) is 0.545. The van der Waals surface area contributed by atoms with Crippen LogP contribution < -0.4 is 10.2 Å². The highest BCUT2D eigenvalue weighted by atomic mass is 79.9. The van der Waals surface area contributed by atoms with E-state index in [1.54, 1.807) is 0 Å². The fourth-order valence-corrected chi connectivity index (χ4v) is 2.33. The Labute approximate surface area is 111 Å². The number of hydrogen-bond donors (Lipinski definition) is 1. The van der Waals surface area contributed by atoms with Crippen molar-refractivity contribution in [3.05, 3.63) is 22.8 Å². The van der Waals surface area contributed by atoms with Crippen LogP contribution >= 0.6 is 28.3 Å². The molecule has 16 heavy (non-hydrogen) atoms. The van der Waals surface area contributed by atoms with Gasteiger partial charge < -0.3 is 10.2 Å². The largest absolute Gasteiger partial charge is 0.355 e. The summed E-state index contributed by atoms with van der Waals surface area (Å²) < 4.78 is 0.909. The first-order chi connectivity index (χ1) is 7.29. The molecule has 2 heterocycles. The predicted octanol–water partition coefficient (Wildman–Crippen LogP) is 2.45. The van der Waals surface area contributed by atoms with Crippen molar-refractivity contribution >= 4 is 34.2 Å². The Bertz CT molecular complexity index is 335. The molecule has 1 saturated heterocycles. The van der Waals surface area contributed by atoms with Gasteiger partial charge in [-0.25, -0.2) is 4.98 Å². The standard InChI is InChI=1S/C11H16BrN3.ClH/c1-13-9-4-3-7-15(8-9)11-6-2-5-10(12)14-11;/h2,5-6,9,13H,3-4,7-8H2,1H3;1H. The van der Waals surface area contributed by atoms with Crippen molar-refractivity contribution in [3.8, 4) is 0 Å². The zero-order valence-corrected chi connectivity index (χ0v) is 11.7. The van der Waals surface area contributed by atoms with Crippen LogP contribution in [-0.2, 0) is 0 Å². The van der Waals surface area contributed by atoms with E-state index in [4.69, 9.17) is 0 Å². The number of pyridine rings is 1. The number of piperidine rings is 1. The van der Waals surface area contributed by atoms with E-state index in [9.17, 15) is 0 Å². The number of anilines is 1. The van der Waals surface area contributed by atoms with E-state index in [-0.39, 0.29) is 12.4 Å². The van der Waals surface area contributed by atoms with Gasteiger partial charge in [0.25, 0.3) is 0 Å². The van der Waals surface area contributed by atoms with Crippen molar-refractivity contribution in [3.63, 3.8) is 0 Å². The zero-order valence-electron chi connectivity index (χ0n) is 9.32. The number of nitrogens with one attached hydrogen (secondary N) is 1. The fourth-order valence-electron chi connectivity index (χ4n) is 1.99. The number of halogens is 2. The second-order valence-corrected chi connectivity index (χ2v) is 4.70. The lowest BCUT2D eigenvalue weighted by Gasteiger charge is -2.33. The molecule has 1 fully saturated rings. The molecule has 1 aliphatic rings. The van der Waals surface area contributed by atoms with Crippen LogP contribution in [0, 0.1) is 0 Å². The smallest absolute Gasteiger partial charge is 0.129 e. The van der Waals surface area contributed by atoms with Gasteiger partial charge in [0.15, 0.2) is 0 Å². The van der Waals surface area contributed by atoms with E-state index in [1.165, 1.54) is 12.8 Å². The van der Waals surface area contributed by atoms with Gasteiger partial charge in [-0.2, -0.15) is 0 Å². The number of rotatable bonds is 2. The van der Waals surface area contributed by atoms with Crippen LogP contribution in [0.15, 0.2) is 22.8 Å². The SMILES string of the molecule is CNC1CCCN(c2cccc(Br)n2)C1.Cl. The van der Waals surface area contributed by atoms with Gasteiger partial charge in [-0.1, -0.05) is 6.07 Å². The third-order valence-corrected chi connectivity index (χ3v) is 3.30. The summed E-state index contributed by atoms with van der Waals surface area (Å²) in [5.74, 6) is 1.07. The molecule has 3 nitrogen and oxygen atoms in total. The molecule has 0 aromatic carbocycles. The maximum absolute atomic E-state index is 4.48. The van der Waals surface area contributed by atoms with Gasteiger partial charge in [0.2, 0.25) is 0 Å². The van der Waals surface area contributed by atoms with Gasteiger partial charge in [0.05, 0.1) is 0 Å². The molecule has 0 spiro atoms. The molecular weight excluding hydrogens is 289 g/mol. The van der Waals surface area contributed by atoms with Crippen LogP contribution in [0.5, 0.6) is 0 Å². The first kappa shape index (κ1) is 13.7. The monoisotopic (exact) mass is 305 g/mol. The van der Waals surface area contributed by atoms with Crippen molar-refractivity contribution in [1.29, 1.82) is 0 Å². The summed E-state index contributed by atoms with van der Waals surface area (Å²) in [4.78, 5) is 6.82. The highest BCUT2D eigenvalue weighted by Crippen LogP contribution is 2.19. The predicted molar refractivity (Wildman–Crippen MR) is 73.5 cm³/mol. The Morgan fingerprint density at radius 2 is 2.31 bits per heavy atom. The summed E-state index contributed by atoms with van der Waals surface area (Å²) in [6.07, 6.45) is 2.50. The summed E-state index contributed by atoms with van der Waals surface area (Å²) in [6.45, 7) is 2.17. The molecule has 1 aliphatic heterocycles. The van der Waals surface area contributed by atoms with Crippen LogP contribution in [0.4, 0.5) is 5.82 Å². The Balaban J connectivity index is 0.00000128. The van der Waals surface area contributed by atoms with E-state index in [2.05, 4.69) is 37.2 Å². The van der Waals surface area contributed by atoms with Crippen molar-refractivity contribution in [1.82, 2.24) is 10.3 Å². The number of likely N-dealkylation sites (N-methyl/N-ethyl adjacent to an activating group) is 1. The molecule has 0 bridgehead atoms. The van der Waals surface area contributed by atoms with E-state index < -0.39 is 0 Å². The second-order valence-electron chi connectivity index (χ2n) is 3.89. The highest BCUT2D eigenvalue weighted by Gasteiger charge is 2.19. The summed E-state index contributed by atoms with van der Waals surface area (Å²) in [6, 6.07) is 6.67. The molecule has 1 aromatic rings. The van der Waals surface area contributed by atoms with Crippen LogP contribution in [0.3, 0.4) is 0 Å². The molecule has 90 valence electrons. The first-order valence-electron chi connectivity index (χ1n) is 5.34. The maximum Gasteiger partial charge on any atom is 0.129 e. The quantitative estimate of drug-likeness (QED) is 0.851. The molecule has 0 saturated carbocycles. The zero-order chi connectivity index (χ0) is 10.7. The van der Waals surface area contributed by atoms with Gasteiger partial charge in [-0.3, -0.25) is 0 Å². The molecule has 5 heteroatoms. The topological polar surface area (TPSA) is 28.2 Å². The van der Waals surface area contributed by atoms with Crippen molar-refractivity contribution < 1.29 is 0 Å². The Morgan fingerprint density at radius 1 is 1.50 bits per heavy atom. The summed E-state index contributed by atoms with van der Waals surface area (Å²) in [5.41, 5.74) is 0. The third-order valence-electron chi connectivity index (χ3n) is 2.85. The molecular formula is C11H17BrClN3. The molecule has 0 aliphatic carbocycles. The Kier molecular flexibility index (Phi) is 5.52. The van der Waals surface area contributed by atoms with Crippen molar-refractivity contribution in [2.45, 2.75) is 18.9 Å². The minimum Gasteiger partial charge on any atom is -0.355 e. The van der Waals surface area contributed by atoms with E-state index in [0.29, 0.717) is 6.04 Å². The molecule has 0 amide bonds. The normalized spacial score (nSPS) is 20.4. The summed E-state index contributed by atoms with van der Waals surface area (Å²) >= 11 is 3.41. The first-order valence-corrected chi connectivity index (χ1v) is 6.13. The van der Waals surface area contributed by atoms with Crippen LogP contribution in [-0.4, -0.2) is 31.2 Å². The maximum atomic E-state index is 4.48. The second kappa shape index (κ2) is 6.42. The van der Waals surface area contributed by atoms with E-state index in [0.717, 1.165) is 23.5 Å². The molecule has 1 aromatic heterocycles. The van der Waals surface area contributed by atoms with Crippen molar-refractivity contribution in [2.75, 3.05) is 25.0 Å². The van der Waals surface area contributed by atoms with E-state index in [1.807, 2.05) is 19.2 Å². The van der Waals surface area contributed by atoms with Gasteiger partial charge >= 0.3 is 0 Å². The molecule has 2 rings (SSSR count). The van der Waals surface area contributed by atoms with Gasteiger partial charge in [0, 0.05) is 19.1 Å².